The molecule has 1 saturated heterocycles. The average molecular weight is 278 g/mol. The van der Waals surface area contributed by atoms with Crippen LogP contribution in [0, 0.1) is 0 Å². The van der Waals surface area contributed by atoms with Crippen LogP contribution in [0.3, 0.4) is 0 Å². The van der Waals surface area contributed by atoms with Gasteiger partial charge in [0.25, 0.3) is 0 Å². The van der Waals surface area contributed by atoms with E-state index in [0.717, 1.165) is 32.5 Å². The maximum Gasteiger partial charge on any atom is 0.0716 e. The first kappa shape index (κ1) is 15.4. The summed E-state index contributed by atoms with van der Waals surface area (Å²) in [5.74, 6) is 0. The number of methoxy groups -OCH3 is 2. The van der Waals surface area contributed by atoms with Gasteiger partial charge in [-0.05, 0) is 30.5 Å². The topological polar surface area (TPSA) is 47.7 Å². The minimum atomic E-state index is 0.179. The maximum atomic E-state index is 6.41. The van der Waals surface area contributed by atoms with Gasteiger partial charge in [0.1, 0.15) is 0 Å². The Labute approximate surface area is 121 Å². The predicted octanol–water partition coefficient (Wildman–Crippen LogP) is 1.94. The molecule has 0 saturated carbocycles. The van der Waals surface area contributed by atoms with Crippen molar-refractivity contribution in [2.24, 2.45) is 5.73 Å². The molecule has 2 rings (SSSR count). The van der Waals surface area contributed by atoms with Crippen LogP contribution >= 0.6 is 0 Å². The molecule has 1 aliphatic heterocycles. The lowest BCUT2D eigenvalue weighted by molar-refractivity contribution is 0.0831. The van der Waals surface area contributed by atoms with E-state index in [2.05, 4.69) is 29.2 Å². The lowest BCUT2D eigenvalue weighted by atomic mass is 9.88. The van der Waals surface area contributed by atoms with Gasteiger partial charge in [-0.1, -0.05) is 24.3 Å². The average Bonchev–Trinajstić information content (AvgIpc) is 2.46. The Balaban J connectivity index is 2.25. The lowest BCUT2D eigenvalue weighted by Gasteiger charge is -2.40. The Kier molecular flexibility index (Phi) is 5.98. The predicted molar refractivity (Wildman–Crippen MR) is 80.6 cm³/mol. The molecule has 1 aromatic rings. The van der Waals surface area contributed by atoms with Crippen LogP contribution in [-0.4, -0.2) is 44.9 Å². The van der Waals surface area contributed by atoms with Crippen molar-refractivity contribution >= 4 is 0 Å². The minimum absolute atomic E-state index is 0.179. The lowest BCUT2D eigenvalue weighted by Crippen LogP contribution is -2.47. The number of hydrogen-bond acceptors (Lipinski definition) is 4. The molecular formula is C16H26N2O2. The van der Waals surface area contributed by atoms with Crippen molar-refractivity contribution in [1.82, 2.24) is 4.90 Å². The normalized spacial score (nSPS) is 23.9. The standard InChI is InChI=1S/C16H26N2O2/c1-19-11-10-18-9-5-8-15(17)16(18)14-7-4-3-6-13(14)12-20-2/h3-4,6-7,15-16H,5,8-12,17H2,1-2H3. The number of hydrogen-bond donors (Lipinski definition) is 1. The Morgan fingerprint density at radius 2 is 2.05 bits per heavy atom. The molecule has 1 aromatic carbocycles. The van der Waals surface area contributed by atoms with Crippen LogP contribution in [-0.2, 0) is 16.1 Å². The number of rotatable bonds is 6. The zero-order valence-electron chi connectivity index (χ0n) is 12.5. The van der Waals surface area contributed by atoms with E-state index in [9.17, 15) is 0 Å². The van der Waals surface area contributed by atoms with Crippen molar-refractivity contribution in [1.29, 1.82) is 0 Å². The van der Waals surface area contributed by atoms with E-state index >= 15 is 0 Å². The second-order valence-corrected chi connectivity index (χ2v) is 5.41. The van der Waals surface area contributed by atoms with E-state index in [-0.39, 0.29) is 12.1 Å². The Morgan fingerprint density at radius 1 is 1.25 bits per heavy atom. The molecular weight excluding hydrogens is 252 g/mol. The second-order valence-electron chi connectivity index (χ2n) is 5.41. The first-order chi connectivity index (χ1) is 9.77. The van der Waals surface area contributed by atoms with Crippen LogP contribution in [0.4, 0.5) is 0 Å². The summed E-state index contributed by atoms with van der Waals surface area (Å²) in [5, 5.41) is 0. The van der Waals surface area contributed by atoms with Gasteiger partial charge in [-0.3, -0.25) is 4.90 Å². The molecule has 4 nitrogen and oxygen atoms in total. The zero-order chi connectivity index (χ0) is 14.4. The number of piperidine rings is 1. The summed E-state index contributed by atoms with van der Waals surface area (Å²) in [7, 11) is 3.48. The molecule has 0 radical (unpaired) electrons. The fourth-order valence-electron chi connectivity index (χ4n) is 3.09. The van der Waals surface area contributed by atoms with Gasteiger partial charge in [-0.2, -0.15) is 0 Å². The van der Waals surface area contributed by atoms with Crippen molar-refractivity contribution < 1.29 is 9.47 Å². The molecule has 0 aliphatic carbocycles. The quantitative estimate of drug-likeness (QED) is 0.864. The van der Waals surface area contributed by atoms with Gasteiger partial charge in [0.15, 0.2) is 0 Å². The van der Waals surface area contributed by atoms with Crippen LogP contribution in [0.2, 0.25) is 0 Å². The van der Waals surface area contributed by atoms with Gasteiger partial charge in [0.2, 0.25) is 0 Å². The highest BCUT2D eigenvalue weighted by Gasteiger charge is 2.31. The molecule has 4 heteroatoms. The summed E-state index contributed by atoms with van der Waals surface area (Å²) in [4.78, 5) is 2.45. The van der Waals surface area contributed by atoms with Crippen LogP contribution in [0.25, 0.3) is 0 Å². The van der Waals surface area contributed by atoms with Crippen molar-refractivity contribution in [3.63, 3.8) is 0 Å². The highest BCUT2D eigenvalue weighted by Crippen LogP contribution is 2.32. The molecule has 2 unspecified atom stereocenters. The van der Waals surface area contributed by atoms with Gasteiger partial charge in [-0.25, -0.2) is 0 Å². The van der Waals surface area contributed by atoms with Gasteiger partial charge in [-0.15, -0.1) is 0 Å². The van der Waals surface area contributed by atoms with Gasteiger partial charge in [0.05, 0.1) is 19.3 Å². The maximum absolute atomic E-state index is 6.41. The summed E-state index contributed by atoms with van der Waals surface area (Å²) in [6.45, 7) is 3.40. The zero-order valence-corrected chi connectivity index (χ0v) is 12.5. The summed E-state index contributed by atoms with van der Waals surface area (Å²) in [6.07, 6.45) is 2.24. The van der Waals surface area contributed by atoms with Crippen molar-refractivity contribution in [2.45, 2.75) is 31.5 Å². The Morgan fingerprint density at radius 3 is 2.80 bits per heavy atom. The van der Waals surface area contributed by atoms with E-state index in [4.69, 9.17) is 15.2 Å². The third-order valence-corrected chi connectivity index (χ3v) is 4.04. The minimum Gasteiger partial charge on any atom is -0.383 e. The molecule has 0 amide bonds. The molecule has 20 heavy (non-hydrogen) atoms. The fourth-order valence-corrected chi connectivity index (χ4v) is 3.09. The first-order valence-electron chi connectivity index (χ1n) is 7.33. The molecule has 0 aromatic heterocycles. The molecule has 1 heterocycles. The molecule has 1 aliphatic rings. The number of ether oxygens (including phenoxy) is 2. The highest BCUT2D eigenvalue weighted by molar-refractivity contribution is 5.31. The SMILES string of the molecule is COCCN1CCCC(N)C1c1ccccc1COC. The third-order valence-electron chi connectivity index (χ3n) is 4.04. The second kappa shape index (κ2) is 7.74. The largest absolute Gasteiger partial charge is 0.383 e. The fraction of sp³-hybridized carbons (Fsp3) is 0.625. The molecule has 2 atom stereocenters. The van der Waals surface area contributed by atoms with Crippen molar-refractivity contribution in [3.8, 4) is 0 Å². The number of benzene rings is 1. The smallest absolute Gasteiger partial charge is 0.0716 e. The highest BCUT2D eigenvalue weighted by atomic mass is 16.5. The third kappa shape index (κ3) is 3.58. The Bertz CT molecular complexity index is 411. The molecule has 0 spiro atoms. The van der Waals surface area contributed by atoms with Gasteiger partial charge in [0, 0.05) is 26.8 Å². The summed E-state index contributed by atoms with van der Waals surface area (Å²) in [6, 6.07) is 8.91. The van der Waals surface area contributed by atoms with Gasteiger partial charge < -0.3 is 15.2 Å². The molecule has 0 bridgehead atoms. The van der Waals surface area contributed by atoms with Crippen LogP contribution in [0.1, 0.15) is 30.0 Å². The van der Waals surface area contributed by atoms with Gasteiger partial charge >= 0.3 is 0 Å². The van der Waals surface area contributed by atoms with Crippen LogP contribution in [0.15, 0.2) is 24.3 Å². The number of nitrogens with two attached hydrogens (primary N) is 1. The number of nitrogens with zero attached hydrogens (tertiary/aromatic N) is 1. The van der Waals surface area contributed by atoms with Crippen LogP contribution < -0.4 is 5.73 Å². The molecule has 112 valence electrons. The van der Waals surface area contributed by atoms with E-state index in [1.165, 1.54) is 11.1 Å². The van der Waals surface area contributed by atoms with E-state index in [1.807, 2.05) is 0 Å². The summed E-state index contributed by atoms with van der Waals surface area (Å²) in [5.41, 5.74) is 8.95. The van der Waals surface area contributed by atoms with Crippen molar-refractivity contribution in [2.75, 3.05) is 33.9 Å². The molecule has 2 N–H and O–H groups in total. The van der Waals surface area contributed by atoms with Crippen LogP contribution in [0.5, 0.6) is 0 Å². The monoisotopic (exact) mass is 278 g/mol. The Hall–Kier alpha value is -0.940. The molecule has 1 fully saturated rings. The summed E-state index contributed by atoms with van der Waals surface area (Å²) >= 11 is 0. The van der Waals surface area contributed by atoms with E-state index in [0.29, 0.717) is 6.61 Å². The first-order valence-corrected chi connectivity index (χ1v) is 7.33. The van der Waals surface area contributed by atoms with E-state index < -0.39 is 0 Å². The van der Waals surface area contributed by atoms with Crippen molar-refractivity contribution in [3.05, 3.63) is 35.4 Å². The van der Waals surface area contributed by atoms with E-state index in [1.54, 1.807) is 14.2 Å². The summed E-state index contributed by atoms with van der Waals surface area (Å²) < 4.78 is 10.6. The number of likely N-dealkylation sites (tertiary alicyclic amines) is 1.